The first-order chi connectivity index (χ1) is 10.7. The number of nitrogens with zero attached hydrogens (tertiary/aromatic N) is 1. The van der Waals surface area contributed by atoms with Crippen molar-refractivity contribution in [3.8, 4) is 0 Å². The minimum atomic E-state index is -2.07. The van der Waals surface area contributed by atoms with Gasteiger partial charge in [-0.15, -0.1) is 0 Å². The van der Waals surface area contributed by atoms with E-state index in [1.54, 1.807) is 20.8 Å². The lowest BCUT2D eigenvalue weighted by atomic mass is 10.2. The topological polar surface area (TPSA) is 65.1 Å². The first-order valence-electron chi connectivity index (χ1n) is 8.45. The minimum absolute atomic E-state index is 0.0208. The van der Waals surface area contributed by atoms with Crippen LogP contribution in [-0.2, 0) is 18.7 Å². The summed E-state index contributed by atoms with van der Waals surface area (Å²) in [5.41, 5.74) is -0.615. The number of amides is 1. The summed E-state index contributed by atoms with van der Waals surface area (Å²) in [4.78, 5) is 26.2. The molecule has 0 bridgehead atoms. The lowest BCUT2D eigenvalue weighted by Gasteiger charge is -2.39. The van der Waals surface area contributed by atoms with Gasteiger partial charge >= 0.3 is 12.1 Å². The molecule has 0 aromatic heterocycles. The summed E-state index contributed by atoms with van der Waals surface area (Å²) in [5.74, 6) is -0.456. The molecular formula is C17H33NO5Si. The van der Waals surface area contributed by atoms with Crippen LogP contribution < -0.4 is 0 Å². The van der Waals surface area contributed by atoms with E-state index in [4.69, 9.17) is 13.9 Å². The van der Waals surface area contributed by atoms with Gasteiger partial charge in [-0.2, -0.15) is 0 Å². The van der Waals surface area contributed by atoms with Crippen LogP contribution in [0, 0.1) is 0 Å². The van der Waals surface area contributed by atoms with Crippen molar-refractivity contribution in [3.63, 3.8) is 0 Å². The van der Waals surface area contributed by atoms with Crippen molar-refractivity contribution in [2.24, 2.45) is 0 Å². The molecule has 7 heteroatoms. The Hall–Kier alpha value is -1.08. The van der Waals surface area contributed by atoms with E-state index < -0.39 is 32.0 Å². The second kappa shape index (κ2) is 7.04. The van der Waals surface area contributed by atoms with Crippen molar-refractivity contribution < 1.29 is 23.5 Å². The van der Waals surface area contributed by atoms with E-state index >= 15 is 0 Å². The van der Waals surface area contributed by atoms with Gasteiger partial charge in [0.25, 0.3) is 0 Å². The maximum absolute atomic E-state index is 12.5. The van der Waals surface area contributed by atoms with Gasteiger partial charge in [0, 0.05) is 6.54 Å². The fraction of sp³-hybridized carbons (Fsp3) is 0.882. The minimum Gasteiger partial charge on any atom is -0.467 e. The third-order valence-electron chi connectivity index (χ3n) is 4.67. The van der Waals surface area contributed by atoms with Crippen LogP contribution in [0.3, 0.4) is 0 Å². The average Bonchev–Trinajstić information content (AvgIpc) is 2.77. The molecule has 140 valence electrons. The van der Waals surface area contributed by atoms with Crippen molar-refractivity contribution in [3.05, 3.63) is 0 Å². The Bertz CT molecular complexity index is 478. The van der Waals surface area contributed by atoms with Gasteiger partial charge in [-0.1, -0.05) is 20.8 Å². The molecule has 1 amide bonds. The summed E-state index contributed by atoms with van der Waals surface area (Å²) in [6.07, 6.45) is -0.254. The van der Waals surface area contributed by atoms with E-state index in [1.807, 2.05) is 0 Å². The molecule has 0 aliphatic carbocycles. The van der Waals surface area contributed by atoms with Crippen LogP contribution in [0.5, 0.6) is 0 Å². The normalized spacial score (nSPS) is 22.5. The molecule has 0 saturated carbocycles. The summed E-state index contributed by atoms with van der Waals surface area (Å²) in [7, 11) is -0.737. The molecule has 1 fully saturated rings. The summed E-state index contributed by atoms with van der Waals surface area (Å²) in [5, 5.41) is 0.0208. The highest BCUT2D eigenvalue weighted by atomic mass is 28.4. The molecule has 0 aromatic rings. The third-order valence-corrected chi connectivity index (χ3v) is 9.17. The highest BCUT2D eigenvalue weighted by molar-refractivity contribution is 6.74. The summed E-state index contributed by atoms with van der Waals surface area (Å²) in [6, 6.07) is -0.751. The van der Waals surface area contributed by atoms with Crippen LogP contribution in [0.4, 0.5) is 4.79 Å². The SMILES string of the molecule is COC(=O)C1C(O[Si](C)(C)C(C)(C)C)CCN1C(=O)OC(C)(C)C. The average molecular weight is 360 g/mol. The standard InChI is InChI=1S/C17H33NO5Si/c1-16(2,3)22-15(20)18-11-10-12(13(18)14(19)21-7)23-24(8,9)17(4,5)6/h12-13H,10-11H2,1-9H3. The Morgan fingerprint density at radius 2 is 1.62 bits per heavy atom. The second-order valence-corrected chi connectivity index (χ2v) is 13.6. The molecule has 1 rings (SSSR count). The zero-order valence-electron chi connectivity index (χ0n) is 16.6. The lowest BCUT2D eigenvalue weighted by molar-refractivity contribution is -0.148. The van der Waals surface area contributed by atoms with E-state index in [0.717, 1.165) is 0 Å². The number of hydrogen-bond acceptors (Lipinski definition) is 5. The van der Waals surface area contributed by atoms with Crippen molar-refractivity contribution in [2.45, 2.75) is 83.8 Å². The van der Waals surface area contributed by atoms with E-state index in [0.29, 0.717) is 13.0 Å². The Morgan fingerprint density at radius 3 is 2.04 bits per heavy atom. The summed E-state index contributed by atoms with van der Waals surface area (Å²) in [6.45, 7) is 16.5. The molecule has 0 radical (unpaired) electrons. The fourth-order valence-corrected chi connectivity index (χ4v) is 3.72. The molecule has 6 nitrogen and oxygen atoms in total. The highest BCUT2D eigenvalue weighted by Crippen LogP contribution is 2.39. The van der Waals surface area contributed by atoms with Gasteiger partial charge in [0.15, 0.2) is 14.4 Å². The van der Waals surface area contributed by atoms with Crippen molar-refractivity contribution in [1.82, 2.24) is 4.90 Å². The molecule has 2 unspecified atom stereocenters. The number of rotatable bonds is 3. The van der Waals surface area contributed by atoms with Crippen molar-refractivity contribution >= 4 is 20.4 Å². The van der Waals surface area contributed by atoms with E-state index in [2.05, 4.69) is 33.9 Å². The molecule has 0 spiro atoms. The lowest BCUT2D eigenvalue weighted by Crippen LogP contribution is -2.52. The summed E-state index contributed by atoms with van der Waals surface area (Å²) >= 11 is 0. The molecule has 1 aliphatic heterocycles. The quantitative estimate of drug-likeness (QED) is 0.569. The van der Waals surface area contributed by atoms with Gasteiger partial charge in [0.1, 0.15) is 5.60 Å². The zero-order valence-corrected chi connectivity index (χ0v) is 17.6. The van der Waals surface area contributed by atoms with Gasteiger partial charge in [-0.05, 0) is 45.3 Å². The highest BCUT2D eigenvalue weighted by Gasteiger charge is 2.49. The van der Waals surface area contributed by atoms with Crippen LogP contribution in [-0.4, -0.2) is 56.7 Å². The Balaban J connectivity index is 3.00. The largest absolute Gasteiger partial charge is 0.467 e. The molecule has 0 N–H and O–H groups in total. The first kappa shape index (κ1) is 21.0. The molecular weight excluding hydrogens is 326 g/mol. The van der Waals surface area contributed by atoms with E-state index in [1.165, 1.54) is 12.0 Å². The molecule has 24 heavy (non-hydrogen) atoms. The number of hydrogen-bond donors (Lipinski definition) is 0. The van der Waals surface area contributed by atoms with Gasteiger partial charge in [-0.3, -0.25) is 4.90 Å². The van der Waals surface area contributed by atoms with Gasteiger partial charge in [0.05, 0.1) is 13.2 Å². The predicted octanol–water partition coefficient (Wildman–Crippen LogP) is 3.56. The summed E-state index contributed by atoms with van der Waals surface area (Å²) < 4.78 is 16.7. The number of carbonyl (C=O) groups is 2. The third kappa shape index (κ3) is 4.96. The number of esters is 1. The van der Waals surface area contributed by atoms with E-state index in [9.17, 15) is 9.59 Å². The van der Waals surface area contributed by atoms with Crippen LogP contribution in [0.2, 0.25) is 18.1 Å². The smallest absolute Gasteiger partial charge is 0.411 e. The zero-order chi connectivity index (χ0) is 18.9. The van der Waals surface area contributed by atoms with Gasteiger partial charge < -0.3 is 13.9 Å². The molecule has 1 saturated heterocycles. The number of carbonyl (C=O) groups excluding carboxylic acids is 2. The Labute approximate surface area is 147 Å². The monoisotopic (exact) mass is 359 g/mol. The molecule has 1 heterocycles. The van der Waals surface area contributed by atoms with Crippen LogP contribution in [0.25, 0.3) is 0 Å². The second-order valence-electron chi connectivity index (χ2n) is 8.85. The number of methoxy groups -OCH3 is 1. The maximum Gasteiger partial charge on any atom is 0.411 e. The van der Waals surface area contributed by atoms with Gasteiger partial charge in [-0.25, -0.2) is 9.59 Å². The molecule has 1 aliphatic rings. The predicted molar refractivity (Wildman–Crippen MR) is 95.4 cm³/mol. The Morgan fingerprint density at radius 1 is 1.08 bits per heavy atom. The van der Waals surface area contributed by atoms with Crippen LogP contribution in [0.1, 0.15) is 48.0 Å². The fourth-order valence-electron chi connectivity index (χ4n) is 2.37. The molecule has 0 aromatic carbocycles. The van der Waals surface area contributed by atoms with Crippen LogP contribution >= 0.6 is 0 Å². The Kier molecular flexibility index (Phi) is 6.14. The van der Waals surface area contributed by atoms with Gasteiger partial charge in [0.2, 0.25) is 0 Å². The van der Waals surface area contributed by atoms with E-state index in [-0.39, 0.29) is 11.1 Å². The number of ether oxygens (including phenoxy) is 2. The maximum atomic E-state index is 12.5. The molecule has 2 atom stereocenters. The van der Waals surface area contributed by atoms with Crippen LogP contribution in [0.15, 0.2) is 0 Å². The van der Waals surface area contributed by atoms with Crippen molar-refractivity contribution in [1.29, 1.82) is 0 Å². The first-order valence-corrected chi connectivity index (χ1v) is 11.4. The van der Waals surface area contributed by atoms with Crippen molar-refractivity contribution in [2.75, 3.05) is 13.7 Å². The number of likely N-dealkylation sites (tertiary alicyclic amines) is 1.